The van der Waals surface area contributed by atoms with Crippen molar-refractivity contribution in [1.29, 1.82) is 0 Å². The summed E-state index contributed by atoms with van der Waals surface area (Å²) in [4.78, 5) is 2.46. The van der Waals surface area contributed by atoms with Gasteiger partial charge < -0.3 is 10.2 Å². The van der Waals surface area contributed by atoms with Crippen LogP contribution in [0.1, 0.15) is 51.6 Å². The lowest BCUT2D eigenvalue weighted by Crippen LogP contribution is -2.26. The highest BCUT2D eigenvalue weighted by Gasteiger charge is 2.33. The van der Waals surface area contributed by atoms with Gasteiger partial charge in [0.1, 0.15) is 0 Å². The van der Waals surface area contributed by atoms with Gasteiger partial charge in [0, 0.05) is 25.3 Å². The van der Waals surface area contributed by atoms with Gasteiger partial charge in [0.25, 0.3) is 0 Å². The monoisotopic (exact) mass is 274 g/mol. The van der Waals surface area contributed by atoms with Crippen LogP contribution in [0, 0.1) is 11.8 Å². The topological polar surface area (TPSA) is 15.3 Å². The van der Waals surface area contributed by atoms with Gasteiger partial charge in [-0.3, -0.25) is 0 Å². The van der Waals surface area contributed by atoms with Gasteiger partial charge in [0.15, 0.2) is 0 Å². The summed E-state index contributed by atoms with van der Waals surface area (Å²) in [5.41, 5.74) is 2.86. The molecule has 2 heteroatoms. The lowest BCUT2D eigenvalue weighted by molar-refractivity contribution is 0.517. The van der Waals surface area contributed by atoms with Crippen molar-refractivity contribution in [3.63, 3.8) is 0 Å². The molecule has 112 valence electrons. The third kappa shape index (κ3) is 3.76. The Morgan fingerprint density at radius 3 is 2.60 bits per heavy atom. The highest BCUT2D eigenvalue weighted by Crippen LogP contribution is 2.39. The van der Waals surface area contributed by atoms with Gasteiger partial charge in [-0.05, 0) is 49.3 Å². The summed E-state index contributed by atoms with van der Waals surface area (Å²) >= 11 is 0. The Bertz CT molecular complexity index is 416. The molecule has 3 atom stereocenters. The molecule has 0 aliphatic heterocycles. The molecule has 3 unspecified atom stereocenters. The number of anilines is 1. The number of benzene rings is 1. The minimum atomic E-state index is 0.477. The van der Waals surface area contributed by atoms with E-state index in [-0.39, 0.29) is 0 Å². The normalized spacial score (nSPS) is 22.6. The highest BCUT2D eigenvalue weighted by atomic mass is 15.1. The smallest absolute Gasteiger partial charge is 0.0412 e. The van der Waals surface area contributed by atoms with Crippen LogP contribution in [0.15, 0.2) is 24.3 Å². The summed E-state index contributed by atoms with van der Waals surface area (Å²) in [6.45, 7) is 9.15. The van der Waals surface area contributed by atoms with Gasteiger partial charge >= 0.3 is 0 Å². The summed E-state index contributed by atoms with van der Waals surface area (Å²) in [6.07, 6.45) is 3.73. The van der Waals surface area contributed by atoms with Crippen molar-refractivity contribution in [3.8, 4) is 0 Å². The van der Waals surface area contributed by atoms with E-state index >= 15 is 0 Å². The molecule has 0 radical (unpaired) electrons. The lowest BCUT2D eigenvalue weighted by atomic mass is 10.0. The predicted octanol–water partition coefficient (Wildman–Crippen LogP) is 4.23. The SMILES string of the molecule is CCCNC(CC)c1ccccc1N(C)CC1CC1C. The Balaban J connectivity index is 2.11. The lowest BCUT2D eigenvalue weighted by Gasteiger charge is -2.27. The maximum absolute atomic E-state index is 3.68. The van der Waals surface area contributed by atoms with Crippen LogP contribution in [0.3, 0.4) is 0 Å². The van der Waals surface area contributed by atoms with E-state index in [4.69, 9.17) is 0 Å². The number of nitrogens with zero attached hydrogens (tertiary/aromatic N) is 1. The average Bonchev–Trinajstić information content (AvgIpc) is 3.15. The van der Waals surface area contributed by atoms with E-state index in [0.717, 1.165) is 24.8 Å². The van der Waals surface area contributed by atoms with Gasteiger partial charge in [-0.1, -0.05) is 39.0 Å². The molecule has 0 heterocycles. The molecule has 0 bridgehead atoms. The molecule has 1 aromatic rings. The predicted molar refractivity (Wildman–Crippen MR) is 88.3 cm³/mol. The number of hydrogen-bond donors (Lipinski definition) is 1. The van der Waals surface area contributed by atoms with E-state index in [2.05, 4.69) is 62.3 Å². The summed E-state index contributed by atoms with van der Waals surface area (Å²) in [7, 11) is 2.25. The highest BCUT2D eigenvalue weighted by molar-refractivity contribution is 5.54. The Hall–Kier alpha value is -1.02. The molecule has 1 aliphatic carbocycles. The molecule has 0 aromatic heterocycles. The fourth-order valence-electron chi connectivity index (χ4n) is 3.03. The summed E-state index contributed by atoms with van der Waals surface area (Å²) in [6, 6.07) is 9.38. The minimum absolute atomic E-state index is 0.477. The van der Waals surface area contributed by atoms with Crippen LogP contribution in [-0.2, 0) is 0 Å². The minimum Gasteiger partial charge on any atom is -0.374 e. The second kappa shape index (κ2) is 7.12. The van der Waals surface area contributed by atoms with Crippen LogP contribution < -0.4 is 10.2 Å². The van der Waals surface area contributed by atoms with Crippen molar-refractivity contribution in [1.82, 2.24) is 5.32 Å². The molecule has 0 spiro atoms. The molecule has 1 saturated carbocycles. The van der Waals surface area contributed by atoms with Crippen molar-refractivity contribution in [2.75, 3.05) is 25.0 Å². The first-order valence-corrected chi connectivity index (χ1v) is 8.20. The van der Waals surface area contributed by atoms with E-state index in [1.54, 1.807) is 0 Å². The number of rotatable bonds is 8. The van der Waals surface area contributed by atoms with Crippen LogP contribution in [0.5, 0.6) is 0 Å². The van der Waals surface area contributed by atoms with Gasteiger partial charge in [0.05, 0.1) is 0 Å². The van der Waals surface area contributed by atoms with Crippen LogP contribution in [0.25, 0.3) is 0 Å². The Morgan fingerprint density at radius 1 is 1.30 bits per heavy atom. The molecule has 2 rings (SSSR count). The second-order valence-corrected chi connectivity index (χ2v) is 6.33. The molecule has 0 amide bonds. The first kappa shape index (κ1) is 15.4. The van der Waals surface area contributed by atoms with E-state index in [1.807, 2.05) is 0 Å². The van der Waals surface area contributed by atoms with Crippen LogP contribution in [0.2, 0.25) is 0 Å². The molecule has 2 nitrogen and oxygen atoms in total. The third-order valence-corrected chi connectivity index (χ3v) is 4.56. The average molecular weight is 274 g/mol. The van der Waals surface area contributed by atoms with Crippen LogP contribution in [0.4, 0.5) is 5.69 Å². The molecule has 1 aromatic carbocycles. The Labute approximate surface area is 124 Å². The quantitative estimate of drug-likeness (QED) is 0.763. The molecule has 1 fully saturated rings. The van der Waals surface area contributed by atoms with Gasteiger partial charge in [0.2, 0.25) is 0 Å². The van der Waals surface area contributed by atoms with E-state index in [1.165, 1.54) is 30.6 Å². The Kier molecular flexibility index (Phi) is 5.47. The standard InChI is InChI=1S/C18H30N2/c1-5-11-19-17(6-2)16-9-7-8-10-18(16)20(4)13-15-12-14(15)3/h7-10,14-15,17,19H,5-6,11-13H2,1-4H3. The summed E-state index contributed by atoms with van der Waals surface area (Å²) < 4.78 is 0. The zero-order chi connectivity index (χ0) is 14.5. The van der Waals surface area contributed by atoms with Gasteiger partial charge in [-0.2, -0.15) is 0 Å². The zero-order valence-corrected chi connectivity index (χ0v) is 13.5. The molecule has 1 N–H and O–H groups in total. The summed E-state index contributed by atoms with van der Waals surface area (Å²) in [5.74, 6) is 1.82. The third-order valence-electron chi connectivity index (χ3n) is 4.56. The summed E-state index contributed by atoms with van der Waals surface area (Å²) in [5, 5.41) is 3.68. The van der Waals surface area contributed by atoms with Crippen LogP contribution in [-0.4, -0.2) is 20.1 Å². The number of para-hydroxylation sites is 1. The van der Waals surface area contributed by atoms with Crippen molar-refractivity contribution in [2.24, 2.45) is 11.8 Å². The van der Waals surface area contributed by atoms with Crippen molar-refractivity contribution >= 4 is 5.69 Å². The first-order valence-electron chi connectivity index (χ1n) is 8.20. The first-order chi connectivity index (χ1) is 9.67. The molecular formula is C18H30N2. The van der Waals surface area contributed by atoms with E-state index < -0.39 is 0 Å². The zero-order valence-electron chi connectivity index (χ0n) is 13.5. The molecule has 1 aliphatic rings. The number of hydrogen-bond acceptors (Lipinski definition) is 2. The van der Waals surface area contributed by atoms with E-state index in [0.29, 0.717) is 6.04 Å². The van der Waals surface area contributed by atoms with Crippen molar-refractivity contribution in [3.05, 3.63) is 29.8 Å². The largest absolute Gasteiger partial charge is 0.374 e. The van der Waals surface area contributed by atoms with Gasteiger partial charge in [-0.15, -0.1) is 0 Å². The van der Waals surface area contributed by atoms with Gasteiger partial charge in [-0.25, -0.2) is 0 Å². The van der Waals surface area contributed by atoms with Crippen LogP contribution >= 0.6 is 0 Å². The fraction of sp³-hybridized carbons (Fsp3) is 0.667. The molecular weight excluding hydrogens is 244 g/mol. The molecule has 20 heavy (non-hydrogen) atoms. The van der Waals surface area contributed by atoms with E-state index in [9.17, 15) is 0 Å². The molecule has 0 saturated heterocycles. The number of nitrogens with one attached hydrogen (secondary N) is 1. The van der Waals surface area contributed by atoms with Crippen molar-refractivity contribution < 1.29 is 0 Å². The maximum Gasteiger partial charge on any atom is 0.0412 e. The Morgan fingerprint density at radius 2 is 2.00 bits per heavy atom. The maximum atomic E-state index is 3.68. The fourth-order valence-corrected chi connectivity index (χ4v) is 3.03. The second-order valence-electron chi connectivity index (χ2n) is 6.33. The van der Waals surface area contributed by atoms with Crippen molar-refractivity contribution in [2.45, 2.75) is 46.1 Å².